The van der Waals surface area contributed by atoms with Gasteiger partial charge >= 0.3 is 0 Å². The summed E-state index contributed by atoms with van der Waals surface area (Å²) in [5.41, 5.74) is 0. The van der Waals surface area contributed by atoms with Crippen molar-refractivity contribution in [2.24, 2.45) is 35.5 Å². The van der Waals surface area contributed by atoms with Gasteiger partial charge in [0.2, 0.25) is 0 Å². The number of hydrogen-bond acceptors (Lipinski definition) is 0. The van der Waals surface area contributed by atoms with Crippen molar-refractivity contribution in [3.63, 3.8) is 0 Å². The molecule has 0 spiro atoms. The van der Waals surface area contributed by atoms with Gasteiger partial charge in [-0.2, -0.15) is 0 Å². The van der Waals surface area contributed by atoms with Crippen LogP contribution in [0.15, 0.2) is 0 Å². The molecule has 0 heterocycles. The van der Waals surface area contributed by atoms with Gasteiger partial charge in [-0.15, -0.1) is 0 Å². The average molecular weight is 166 g/mol. The van der Waals surface area contributed by atoms with Crippen molar-refractivity contribution < 1.29 is 0 Å². The van der Waals surface area contributed by atoms with E-state index in [2.05, 4.69) is 27.7 Å². The zero-order valence-electron chi connectivity index (χ0n) is 8.88. The highest BCUT2D eigenvalue weighted by Crippen LogP contribution is 2.55. The van der Waals surface area contributed by atoms with Gasteiger partial charge in [0, 0.05) is 0 Å². The molecule has 12 heavy (non-hydrogen) atoms. The third-order valence-electron chi connectivity index (χ3n) is 4.77. The van der Waals surface area contributed by atoms with Crippen molar-refractivity contribution >= 4 is 0 Å². The summed E-state index contributed by atoms with van der Waals surface area (Å²) in [6, 6.07) is 0. The molecule has 2 fully saturated rings. The summed E-state index contributed by atoms with van der Waals surface area (Å²) in [6.07, 6.45) is 3.00. The predicted molar refractivity (Wildman–Crippen MR) is 52.9 cm³/mol. The minimum absolute atomic E-state index is 0.991. The van der Waals surface area contributed by atoms with Crippen molar-refractivity contribution in [3.05, 3.63) is 0 Å². The summed E-state index contributed by atoms with van der Waals surface area (Å²) in [5.74, 6) is 6.14. The fourth-order valence-electron chi connectivity index (χ4n) is 4.04. The molecule has 0 N–H and O–H groups in total. The first-order chi connectivity index (χ1) is 5.61. The van der Waals surface area contributed by atoms with Gasteiger partial charge < -0.3 is 0 Å². The first-order valence-electron chi connectivity index (χ1n) is 5.61. The fourth-order valence-corrected chi connectivity index (χ4v) is 4.04. The lowest BCUT2D eigenvalue weighted by Crippen LogP contribution is -2.15. The van der Waals surface area contributed by atoms with E-state index in [1.165, 1.54) is 12.8 Å². The van der Waals surface area contributed by atoms with Gasteiger partial charge in [-0.3, -0.25) is 0 Å². The van der Waals surface area contributed by atoms with E-state index >= 15 is 0 Å². The van der Waals surface area contributed by atoms with Gasteiger partial charge in [0.25, 0.3) is 0 Å². The molecule has 2 aliphatic carbocycles. The Hall–Kier alpha value is 0. The van der Waals surface area contributed by atoms with Crippen molar-refractivity contribution in [1.29, 1.82) is 0 Å². The first kappa shape index (κ1) is 8.59. The second kappa shape index (κ2) is 2.75. The van der Waals surface area contributed by atoms with Gasteiger partial charge in [-0.1, -0.05) is 27.7 Å². The summed E-state index contributed by atoms with van der Waals surface area (Å²) in [7, 11) is 0. The zero-order valence-corrected chi connectivity index (χ0v) is 8.88. The summed E-state index contributed by atoms with van der Waals surface area (Å²) >= 11 is 0. The second-order valence-electron chi connectivity index (χ2n) is 5.50. The van der Waals surface area contributed by atoms with Crippen LogP contribution >= 0.6 is 0 Å². The van der Waals surface area contributed by atoms with Gasteiger partial charge in [-0.05, 0) is 48.3 Å². The molecule has 0 radical (unpaired) electrons. The number of fused-ring (bicyclic) bond motifs is 1. The van der Waals surface area contributed by atoms with Crippen LogP contribution in [-0.2, 0) is 0 Å². The monoisotopic (exact) mass is 166 g/mol. The van der Waals surface area contributed by atoms with E-state index in [9.17, 15) is 0 Å². The highest BCUT2D eigenvalue weighted by atomic mass is 14.5. The normalized spacial score (nSPS) is 59.0. The third-order valence-corrected chi connectivity index (χ3v) is 4.77. The molecule has 0 bridgehead atoms. The van der Waals surface area contributed by atoms with Crippen LogP contribution in [0.3, 0.4) is 0 Å². The van der Waals surface area contributed by atoms with Crippen LogP contribution in [0.1, 0.15) is 40.5 Å². The standard InChI is InChI=1S/C12H22/c1-7-6-11-8(2)5-9(3)12(11)10(7)4/h7-12H,5-6H2,1-4H3/t7?,8?,9?,10?,11-,12-/m0/s1. The summed E-state index contributed by atoms with van der Waals surface area (Å²) in [6.45, 7) is 9.86. The van der Waals surface area contributed by atoms with Crippen LogP contribution in [0, 0.1) is 35.5 Å². The summed E-state index contributed by atoms with van der Waals surface area (Å²) in [5, 5.41) is 0. The van der Waals surface area contributed by atoms with Gasteiger partial charge in [-0.25, -0.2) is 0 Å². The Labute approximate surface area is 76.7 Å². The summed E-state index contributed by atoms with van der Waals surface area (Å²) in [4.78, 5) is 0. The minimum atomic E-state index is 0.991. The molecule has 2 aliphatic rings. The highest BCUT2D eigenvalue weighted by Gasteiger charge is 2.47. The lowest BCUT2D eigenvalue weighted by Gasteiger charge is -2.21. The molecule has 0 heteroatoms. The Morgan fingerprint density at radius 2 is 1.42 bits per heavy atom. The second-order valence-corrected chi connectivity index (χ2v) is 5.50. The topological polar surface area (TPSA) is 0 Å². The molecule has 6 atom stereocenters. The van der Waals surface area contributed by atoms with Crippen LogP contribution in [-0.4, -0.2) is 0 Å². The largest absolute Gasteiger partial charge is 0.0622 e. The maximum absolute atomic E-state index is 2.48. The number of hydrogen-bond donors (Lipinski definition) is 0. The molecule has 0 amide bonds. The Morgan fingerprint density at radius 1 is 0.750 bits per heavy atom. The van der Waals surface area contributed by atoms with Crippen molar-refractivity contribution in [1.82, 2.24) is 0 Å². The van der Waals surface area contributed by atoms with Crippen LogP contribution in [0.5, 0.6) is 0 Å². The van der Waals surface area contributed by atoms with Crippen LogP contribution < -0.4 is 0 Å². The summed E-state index contributed by atoms with van der Waals surface area (Å²) < 4.78 is 0. The number of rotatable bonds is 0. The molecule has 0 aliphatic heterocycles. The molecule has 0 saturated heterocycles. The van der Waals surface area contributed by atoms with E-state index in [-0.39, 0.29) is 0 Å². The molecule has 2 rings (SSSR count). The Balaban J connectivity index is 2.18. The Bertz CT molecular complexity index is 173. The highest BCUT2D eigenvalue weighted by molar-refractivity contribution is 4.96. The van der Waals surface area contributed by atoms with Crippen molar-refractivity contribution in [3.8, 4) is 0 Å². The molecular weight excluding hydrogens is 144 g/mol. The van der Waals surface area contributed by atoms with E-state index < -0.39 is 0 Å². The minimum Gasteiger partial charge on any atom is -0.0622 e. The molecule has 70 valence electrons. The van der Waals surface area contributed by atoms with Gasteiger partial charge in [0.15, 0.2) is 0 Å². The molecule has 2 saturated carbocycles. The zero-order chi connectivity index (χ0) is 8.88. The molecule has 4 unspecified atom stereocenters. The molecule has 0 aromatic heterocycles. The van der Waals surface area contributed by atoms with Gasteiger partial charge in [0.05, 0.1) is 0 Å². The lowest BCUT2D eigenvalue weighted by atomic mass is 9.84. The smallest absolute Gasteiger partial charge is 0.0329 e. The average Bonchev–Trinajstić information content (AvgIpc) is 2.41. The van der Waals surface area contributed by atoms with E-state index in [0.717, 1.165) is 35.5 Å². The van der Waals surface area contributed by atoms with E-state index in [4.69, 9.17) is 0 Å². The predicted octanol–water partition coefficient (Wildman–Crippen LogP) is 3.57. The maximum Gasteiger partial charge on any atom is -0.0329 e. The fraction of sp³-hybridized carbons (Fsp3) is 1.00. The van der Waals surface area contributed by atoms with Gasteiger partial charge in [0.1, 0.15) is 0 Å². The maximum atomic E-state index is 2.48. The van der Waals surface area contributed by atoms with E-state index in [1.807, 2.05) is 0 Å². The SMILES string of the molecule is CC1C[C@H]2C(C)CC(C)[C@H]2C1C. The van der Waals surface area contributed by atoms with Crippen LogP contribution in [0.4, 0.5) is 0 Å². The Kier molecular flexibility index (Phi) is 1.97. The molecule has 0 aromatic rings. The molecule has 0 nitrogen and oxygen atoms in total. The first-order valence-corrected chi connectivity index (χ1v) is 5.61. The van der Waals surface area contributed by atoms with Crippen molar-refractivity contribution in [2.75, 3.05) is 0 Å². The Morgan fingerprint density at radius 3 is 2.00 bits per heavy atom. The van der Waals surface area contributed by atoms with Crippen LogP contribution in [0.25, 0.3) is 0 Å². The quantitative estimate of drug-likeness (QED) is 0.516. The molecule has 0 aromatic carbocycles. The van der Waals surface area contributed by atoms with E-state index in [1.54, 1.807) is 0 Å². The van der Waals surface area contributed by atoms with E-state index in [0.29, 0.717) is 0 Å². The molecular formula is C12H22. The van der Waals surface area contributed by atoms with Crippen molar-refractivity contribution in [2.45, 2.75) is 40.5 Å². The van der Waals surface area contributed by atoms with Crippen LogP contribution in [0.2, 0.25) is 0 Å². The third kappa shape index (κ3) is 1.03. The lowest BCUT2D eigenvalue weighted by molar-refractivity contribution is 0.274.